The van der Waals surface area contributed by atoms with Crippen molar-refractivity contribution in [3.63, 3.8) is 0 Å². The van der Waals surface area contributed by atoms with Crippen molar-refractivity contribution in [3.05, 3.63) is 248 Å². The molecule has 0 aliphatic rings. The maximum absolute atomic E-state index is 5.71. The topological polar surface area (TPSA) is 78.4 Å². The van der Waals surface area contributed by atoms with E-state index >= 15 is 0 Å². The molecule has 0 bridgehead atoms. The number of rotatable bonds is 8. The smallest absolute Gasteiger partial charge is 0.269 e. The van der Waals surface area contributed by atoms with Crippen LogP contribution in [0.3, 0.4) is 0 Å². The summed E-state index contributed by atoms with van der Waals surface area (Å²) in [4.78, 5) is 24.3. The molecule has 0 N–H and O–H groups in total. The van der Waals surface area contributed by atoms with Crippen molar-refractivity contribution in [2.24, 2.45) is 0 Å². The van der Waals surface area contributed by atoms with E-state index in [-0.39, 0.29) is 16.2 Å². The fraction of sp³-hybridized carbons (Fsp3) is 0.160. The van der Waals surface area contributed by atoms with E-state index < -0.39 is 0 Å². The first-order valence-electron chi connectivity index (χ1n) is 29.3. The third kappa shape index (κ3) is 8.56. The van der Waals surface area contributed by atoms with Gasteiger partial charge in [0.2, 0.25) is 17.8 Å². The van der Waals surface area contributed by atoms with Crippen molar-refractivity contribution in [3.8, 4) is 29.1 Å². The summed E-state index contributed by atoms with van der Waals surface area (Å²) in [5, 5.41) is 6.67. The quantitative estimate of drug-likeness (QED) is 0.112. The van der Waals surface area contributed by atoms with Gasteiger partial charge in [0.15, 0.2) is 0 Å². The zero-order valence-electron chi connectivity index (χ0n) is 49.3. The Labute approximate surface area is 494 Å². The number of para-hydroxylation sites is 7. The SMILES string of the molecule is CC(C)(C)c1cc(-[n+]2[c-]n(-c3cccc(N(c4ccc5c6ccccc6n(-c6cc(C(C)(C)C)ccn6)c5c4)c4nc(-n5c6ccccc6c6ccccc65)nc(-n5c6ccccc6c6ccccc65)n4)c3)c3ccccc32)cc(C(C)(C)C)c1. The zero-order valence-corrected chi connectivity index (χ0v) is 49.3. The van der Waals surface area contributed by atoms with Crippen LogP contribution in [0.5, 0.6) is 0 Å². The van der Waals surface area contributed by atoms with Gasteiger partial charge in [-0.15, -0.1) is 0 Å². The number of imidazole rings is 1. The number of benzene rings is 9. The van der Waals surface area contributed by atoms with Gasteiger partial charge in [0.1, 0.15) is 5.82 Å². The Hall–Kier alpha value is -10.2. The van der Waals surface area contributed by atoms with Gasteiger partial charge in [-0.1, -0.05) is 196 Å². The largest absolute Gasteiger partial charge is 0.294 e. The second kappa shape index (κ2) is 19.2. The van der Waals surface area contributed by atoms with Gasteiger partial charge in [0, 0.05) is 44.2 Å². The normalized spacial score (nSPS) is 12.5. The lowest BCUT2D eigenvalue weighted by atomic mass is 9.80. The summed E-state index contributed by atoms with van der Waals surface area (Å²) in [5.41, 5.74) is 15.2. The van der Waals surface area contributed by atoms with Crippen LogP contribution in [0.2, 0.25) is 0 Å². The van der Waals surface area contributed by atoms with E-state index in [2.05, 4.69) is 315 Å². The average Bonchev–Trinajstić information content (AvgIpc) is 2.06. The number of nitrogens with zero attached hydrogens (tertiary/aromatic N) is 10. The van der Waals surface area contributed by atoms with Crippen molar-refractivity contribution in [1.29, 1.82) is 0 Å². The first-order valence-corrected chi connectivity index (χ1v) is 29.3. The van der Waals surface area contributed by atoms with Gasteiger partial charge < -0.3 is 0 Å². The third-order valence-electron chi connectivity index (χ3n) is 16.9. The van der Waals surface area contributed by atoms with Crippen molar-refractivity contribution in [2.75, 3.05) is 4.90 Å². The standard InChI is InChI=1S/C75H64N10/c1-73(2,3)48-39-40-76-69(44-48)83-61-30-15-10-29-59(61)60-38-37-53(46-68(60)83)82(52-24-22-23-51(45-52)80-47-81(67-36-21-20-35-66(67)80)54-42-49(74(4,5)6)41-50(43-54)75(7,8)9)70-77-71(84-62-31-16-11-25-55(62)56-26-12-17-32-63(56)84)79-72(78-70)85-64-33-18-13-27-57(64)58-28-14-19-34-65(58)85/h10-46H,1-9H3. The predicted octanol–water partition coefficient (Wildman–Crippen LogP) is 17.9. The molecule has 0 radical (unpaired) electrons. The van der Waals surface area contributed by atoms with Crippen LogP contribution in [0.4, 0.5) is 17.3 Å². The highest BCUT2D eigenvalue weighted by molar-refractivity contribution is 6.12. The lowest BCUT2D eigenvalue weighted by molar-refractivity contribution is -0.572. The molecule has 0 saturated heterocycles. The molecule has 0 amide bonds. The van der Waals surface area contributed by atoms with Crippen LogP contribution < -0.4 is 9.47 Å². The summed E-state index contributed by atoms with van der Waals surface area (Å²) in [6.45, 7) is 20.5. The fourth-order valence-corrected chi connectivity index (χ4v) is 12.5. The number of fused-ring (bicyclic) bond motifs is 10. The molecule has 0 unspecified atom stereocenters. The second-order valence-corrected chi connectivity index (χ2v) is 25.6. The van der Waals surface area contributed by atoms with Crippen molar-refractivity contribution in [1.82, 2.24) is 38.2 Å². The Kier molecular flexibility index (Phi) is 11.7. The van der Waals surface area contributed by atoms with Gasteiger partial charge in [-0.3, -0.25) is 27.7 Å². The maximum atomic E-state index is 5.71. The van der Waals surface area contributed by atoms with Crippen LogP contribution in [0.1, 0.15) is 79.0 Å². The van der Waals surface area contributed by atoms with Crippen LogP contribution in [0.25, 0.3) is 106 Å². The molecule has 15 aromatic rings. The van der Waals surface area contributed by atoms with Crippen LogP contribution in [0, 0.1) is 6.33 Å². The van der Waals surface area contributed by atoms with Crippen LogP contribution in [0.15, 0.2) is 225 Å². The minimum Gasteiger partial charge on any atom is -0.294 e. The van der Waals surface area contributed by atoms with E-state index in [4.69, 9.17) is 19.9 Å². The molecule has 0 fully saturated rings. The van der Waals surface area contributed by atoms with Gasteiger partial charge in [0.05, 0.1) is 61.2 Å². The Bertz CT molecular complexity index is 4890. The van der Waals surface area contributed by atoms with Gasteiger partial charge >= 0.3 is 0 Å². The minimum atomic E-state index is -0.0994. The second-order valence-electron chi connectivity index (χ2n) is 25.6. The summed E-state index contributed by atoms with van der Waals surface area (Å²) in [6.07, 6.45) is 5.82. The Morgan fingerprint density at radius 3 is 1.35 bits per heavy atom. The zero-order chi connectivity index (χ0) is 58.1. The Morgan fingerprint density at radius 1 is 0.376 bits per heavy atom. The number of pyridine rings is 1. The molecule has 6 heterocycles. The highest BCUT2D eigenvalue weighted by atomic mass is 15.4. The summed E-state index contributed by atoms with van der Waals surface area (Å²) < 4.78 is 11.1. The highest BCUT2D eigenvalue weighted by Gasteiger charge is 2.28. The molecule has 0 saturated carbocycles. The molecule has 85 heavy (non-hydrogen) atoms. The molecule has 9 aromatic carbocycles. The molecule has 414 valence electrons. The van der Waals surface area contributed by atoms with E-state index in [9.17, 15) is 0 Å². The molecule has 10 nitrogen and oxygen atoms in total. The Morgan fingerprint density at radius 2 is 0.835 bits per heavy atom. The van der Waals surface area contributed by atoms with E-state index in [0.717, 1.165) is 105 Å². The lowest BCUT2D eigenvalue weighted by Gasteiger charge is -2.26. The van der Waals surface area contributed by atoms with Crippen LogP contribution in [-0.2, 0) is 16.2 Å². The van der Waals surface area contributed by atoms with E-state index in [1.54, 1.807) is 0 Å². The summed E-state index contributed by atoms with van der Waals surface area (Å²) >= 11 is 0. The monoisotopic (exact) mass is 1100 g/mol. The summed E-state index contributed by atoms with van der Waals surface area (Å²) in [7, 11) is 0. The van der Waals surface area contributed by atoms with Gasteiger partial charge in [-0.25, -0.2) is 4.98 Å². The fourth-order valence-electron chi connectivity index (χ4n) is 12.5. The maximum Gasteiger partial charge on any atom is 0.269 e. The lowest BCUT2D eigenvalue weighted by Crippen LogP contribution is -2.31. The molecule has 0 aliphatic heterocycles. The Balaban J connectivity index is 1.02. The van der Waals surface area contributed by atoms with Crippen molar-refractivity contribution >= 4 is 93.8 Å². The molecule has 15 rings (SSSR count). The first-order chi connectivity index (χ1) is 41.0. The summed E-state index contributed by atoms with van der Waals surface area (Å²) in [5.74, 6) is 2.24. The van der Waals surface area contributed by atoms with Gasteiger partial charge in [-0.2, -0.15) is 15.0 Å². The molecule has 0 spiro atoms. The summed E-state index contributed by atoms with van der Waals surface area (Å²) in [6, 6.07) is 78.1. The molecule has 0 atom stereocenters. The molecule has 10 heteroatoms. The molecule has 0 aliphatic carbocycles. The molecule has 6 aromatic heterocycles. The number of hydrogen-bond acceptors (Lipinski definition) is 5. The molecular formula is C75H64N10. The third-order valence-corrected chi connectivity index (χ3v) is 16.9. The van der Waals surface area contributed by atoms with E-state index in [0.29, 0.717) is 17.8 Å². The van der Waals surface area contributed by atoms with Crippen LogP contribution >= 0.6 is 0 Å². The number of hydrogen-bond donors (Lipinski definition) is 0. The van der Waals surface area contributed by atoms with Crippen molar-refractivity contribution < 1.29 is 4.57 Å². The predicted molar refractivity (Wildman–Crippen MR) is 349 cm³/mol. The van der Waals surface area contributed by atoms with E-state index in [1.165, 1.54) is 16.7 Å². The minimum absolute atomic E-state index is 0.0745. The van der Waals surface area contributed by atoms with E-state index in [1.807, 2.05) is 6.20 Å². The number of aromatic nitrogens is 9. The van der Waals surface area contributed by atoms with Crippen LogP contribution in [-0.4, -0.2) is 38.2 Å². The molecular weight excluding hydrogens is 1040 g/mol. The van der Waals surface area contributed by atoms with Crippen molar-refractivity contribution in [2.45, 2.75) is 78.6 Å². The highest BCUT2D eigenvalue weighted by Crippen LogP contribution is 2.42. The van der Waals surface area contributed by atoms with Gasteiger partial charge in [-0.05, 0) is 118 Å². The number of anilines is 3. The first kappa shape index (κ1) is 51.7. The van der Waals surface area contributed by atoms with Gasteiger partial charge in [0.25, 0.3) is 6.33 Å². The average molecular weight is 1110 g/mol.